The van der Waals surface area contributed by atoms with Crippen molar-refractivity contribution in [2.24, 2.45) is 0 Å². The Hall–Kier alpha value is -2.54. The van der Waals surface area contributed by atoms with Crippen LogP contribution in [0.2, 0.25) is 5.02 Å². The molecule has 8 heteroatoms. The van der Waals surface area contributed by atoms with Crippen molar-refractivity contribution in [2.45, 2.75) is 25.9 Å². The van der Waals surface area contributed by atoms with Gasteiger partial charge in [0.15, 0.2) is 0 Å². The van der Waals surface area contributed by atoms with Crippen molar-refractivity contribution in [3.05, 3.63) is 41.0 Å². The number of halogens is 1. The maximum Gasteiger partial charge on any atom is 0.321 e. The molecule has 2 amide bonds. The van der Waals surface area contributed by atoms with Crippen LogP contribution in [0.5, 0.6) is 11.6 Å². The lowest BCUT2D eigenvalue weighted by Crippen LogP contribution is -2.43. The topological polar surface area (TPSA) is 76.6 Å². The van der Waals surface area contributed by atoms with Gasteiger partial charge in [-0.2, -0.15) is 5.10 Å². The molecule has 0 bridgehead atoms. The summed E-state index contributed by atoms with van der Waals surface area (Å²) < 4.78 is 11.1. The van der Waals surface area contributed by atoms with Crippen LogP contribution in [0.1, 0.15) is 18.5 Å². The predicted octanol–water partition coefficient (Wildman–Crippen LogP) is 3.52. The largest absolute Gasteiger partial charge is 0.495 e. The maximum absolute atomic E-state index is 12.5. The quantitative estimate of drug-likeness (QED) is 0.883. The summed E-state index contributed by atoms with van der Waals surface area (Å²) in [6.07, 6.45) is 1.49. The molecule has 2 heterocycles. The number of hydrogen-bond donors (Lipinski definition) is 1. The van der Waals surface area contributed by atoms with Gasteiger partial charge in [-0.25, -0.2) is 4.79 Å². The summed E-state index contributed by atoms with van der Waals surface area (Å²) in [5, 5.41) is 11.4. The van der Waals surface area contributed by atoms with Gasteiger partial charge in [-0.1, -0.05) is 11.6 Å². The van der Waals surface area contributed by atoms with Crippen molar-refractivity contribution >= 4 is 23.3 Å². The third-order valence-electron chi connectivity index (χ3n) is 4.19. The number of nitrogens with one attached hydrogen (secondary N) is 1. The van der Waals surface area contributed by atoms with Crippen LogP contribution in [0, 0.1) is 6.92 Å². The van der Waals surface area contributed by atoms with E-state index in [4.69, 9.17) is 21.1 Å². The number of ether oxygens (including phenoxy) is 2. The van der Waals surface area contributed by atoms with E-state index in [1.54, 1.807) is 30.2 Å². The van der Waals surface area contributed by atoms with Gasteiger partial charge in [0, 0.05) is 37.0 Å². The van der Waals surface area contributed by atoms with Crippen LogP contribution in [0.15, 0.2) is 30.3 Å². The van der Waals surface area contributed by atoms with Gasteiger partial charge < -0.3 is 19.7 Å². The average Bonchev–Trinajstić information content (AvgIpc) is 2.64. The number of benzene rings is 1. The molecule has 0 unspecified atom stereocenters. The summed E-state index contributed by atoms with van der Waals surface area (Å²) in [7, 11) is 1.55. The standard InChI is InChI=1S/C18H21ClN4O3/c1-12-3-6-17(22-21-12)26-14-7-9-23(10-8-14)18(24)20-15-11-13(19)4-5-16(15)25-2/h3-6,11,14H,7-10H2,1-2H3,(H,20,24). The Bertz CT molecular complexity index is 762. The SMILES string of the molecule is COc1ccc(Cl)cc1NC(=O)N1CCC(Oc2ccc(C)nn2)CC1. The number of hydrogen-bond acceptors (Lipinski definition) is 5. The first kappa shape index (κ1) is 18.3. The molecule has 1 fully saturated rings. The van der Waals surface area contributed by atoms with Crippen molar-refractivity contribution < 1.29 is 14.3 Å². The Morgan fingerprint density at radius 2 is 2.00 bits per heavy atom. The molecule has 138 valence electrons. The molecule has 0 atom stereocenters. The lowest BCUT2D eigenvalue weighted by molar-refractivity contribution is 0.110. The number of rotatable bonds is 4. The summed E-state index contributed by atoms with van der Waals surface area (Å²) >= 11 is 6.00. The van der Waals surface area contributed by atoms with E-state index in [0.717, 1.165) is 18.5 Å². The van der Waals surface area contributed by atoms with E-state index >= 15 is 0 Å². The Morgan fingerprint density at radius 1 is 1.23 bits per heavy atom. The summed E-state index contributed by atoms with van der Waals surface area (Å²) in [6, 6.07) is 8.60. The second-order valence-corrected chi connectivity index (χ2v) is 6.53. The number of nitrogens with zero attached hydrogens (tertiary/aromatic N) is 3. The fourth-order valence-corrected chi connectivity index (χ4v) is 2.94. The lowest BCUT2D eigenvalue weighted by atomic mass is 10.1. The van der Waals surface area contributed by atoms with E-state index in [-0.39, 0.29) is 12.1 Å². The normalized spacial score (nSPS) is 14.8. The molecule has 1 aliphatic rings. The van der Waals surface area contributed by atoms with Crippen LogP contribution in [0.25, 0.3) is 0 Å². The molecule has 7 nitrogen and oxygen atoms in total. The van der Waals surface area contributed by atoms with E-state index in [0.29, 0.717) is 35.4 Å². The van der Waals surface area contributed by atoms with E-state index in [9.17, 15) is 4.79 Å². The number of amides is 2. The van der Waals surface area contributed by atoms with E-state index < -0.39 is 0 Å². The monoisotopic (exact) mass is 376 g/mol. The van der Waals surface area contributed by atoms with Gasteiger partial charge in [-0.05, 0) is 31.2 Å². The minimum atomic E-state index is -0.181. The molecule has 1 aliphatic heterocycles. The highest BCUT2D eigenvalue weighted by Crippen LogP contribution is 2.28. The van der Waals surface area contributed by atoms with Gasteiger partial charge in [0.25, 0.3) is 0 Å². The van der Waals surface area contributed by atoms with Crippen LogP contribution in [-0.2, 0) is 0 Å². The number of aromatic nitrogens is 2. The molecule has 0 aliphatic carbocycles. The van der Waals surface area contributed by atoms with Gasteiger partial charge in [0.2, 0.25) is 5.88 Å². The molecule has 1 aromatic heterocycles. The van der Waals surface area contributed by atoms with Gasteiger partial charge in [-0.3, -0.25) is 0 Å². The third kappa shape index (κ3) is 4.54. The highest BCUT2D eigenvalue weighted by atomic mass is 35.5. The third-order valence-corrected chi connectivity index (χ3v) is 4.43. The van der Waals surface area contributed by atoms with Crippen LogP contribution in [0.3, 0.4) is 0 Å². The first-order valence-corrected chi connectivity index (χ1v) is 8.79. The highest BCUT2D eigenvalue weighted by molar-refractivity contribution is 6.31. The summed E-state index contributed by atoms with van der Waals surface area (Å²) in [6.45, 7) is 3.07. The Balaban J connectivity index is 1.53. The predicted molar refractivity (Wildman–Crippen MR) is 99.0 cm³/mol. The number of carbonyl (C=O) groups is 1. The molecule has 1 saturated heterocycles. The first-order valence-electron chi connectivity index (χ1n) is 8.41. The minimum absolute atomic E-state index is 0.0248. The van der Waals surface area contributed by atoms with Crippen LogP contribution < -0.4 is 14.8 Å². The van der Waals surface area contributed by atoms with E-state index in [1.165, 1.54) is 0 Å². The zero-order valence-electron chi connectivity index (χ0n) is 14.7. The molecular weight excluding hydrogens is 356 g/mol. The molecule has 0 radical (unpaired) electrons. The molecule has 26 heavy (non-hydrogen) atoms. The molecule has 1 aromatic carbocycles. The van der Waals surface area contributed by atoms with Crippen LogP contribution in [-0.4, -0.2) is 47.4 Å². The Labute approximate surface area is 157 Å². The van der Waals surface area contributed by atoms with Crippen molar-refractivity contribution in [1.82, 2.24) is 15.1 Å². The molecule has 0 saturated carbocycles. The second-order valence-electron chi connectivity index (χ2n) is 6.09. The van der Waals surface area contributed by atoms with Crippen LogP contribution >= 0.6 is 11.6 Å². The number of urea groups is 1. The van der Waals surface area contributed by atoms with Gasteiger partial charge in [0.05, 0.1) is 18.5 Å². The van der Waals surface area contributed by atoms with Crippen molar-refractivity contribution in [3.8, 4) is 11.6 Å². The Morgan fingerprint density at radius 3 is 2.65 bits per heavy atom. The minimum Gasteiger partial charge on any atom is -0.495 e. The van der Waals surface area contributed by atoms with Crippen molar-refractivity contribution in [1.29, 1.82) is 0 Å². The second kappa shape index (κ2) is 8.23. The van der Waals surface area contributed by atoms with Gasteiger partial charge in [-0.15, -0.1) is 5.10 Å². The molecule has 3 rings (SSSR count). The number of piperidine rings is 1. The van der Waals surface area contributed by atoms with Gasteiger partial charge in [0.1, 0.15) is 11.9 Å². The first-order chi connectivity index (χ1) is 12.5. The van der Waals surface area contributed by atoms with E-state index in [1.807, 2.05) is 19.1 Å². The van der Waals surface area contributed by atoms with Gasteiger partial charge >= 0.3 is 6.03 Å². The fraction of sp³-hybridized carbons (Fsp3) is 0.389. The number of carbonyl (C=O) groups excluding carboxylic acids is 1. The highest BCUT2D eigenvalue weighted by Gasteiger charge is 2.25. The number of likely N-dealkylation sites (tertiary alicyclic amines) is 1. The average molecular weight is 377 g/mol. The molecular formula is C18H21ClN4O3. The number of anilines is 1. The van der Waals surface area contributed by atoms with E-state index in [2.05, 4.69) is 15.5 Å². The Kier molecular flexibility index (Phi) is 5.78. The van der Waals surface area contributed by atoms with Crippen molar-refractivity contribution in [2.75, 3.05) is 25.5 Å². The summed E-state index contributed by atoms with van der Waals surface area (Å²) in [4.78, 5) is 14.3. The molecule has 0 spiro atoms. The molecule has 1 N–H and O–H groups in total. The van der Waals surface area contributed by atoms with Crippen molar-refractivity contribution in [3.63, 3.8) is 0 Å². The molecule has 2 aromatic rings. The summed E-state index contributed by atoms with van der Waals surface area (Å²) in [5.41, 5.74) is 1.40. The zero-order chi connectivity index (χ0) is 18.5. The maximum atomic E-state index is 12.5. The fourth-order valence-electron chi connectivity index (χ4n) is 2.77. The summed E-state index contributed by atoms with van der Waals surface area (Å²) in [5.74, 6) is 1.08. The zero-order valence-corrected chi connectivity index (χ0v) is 15.5. The smallest absolute Gasteiger partial charge is 0.321 e. The van der Waals surface area contributed by atoms with Crippen LogP contribution in [0.4, 0.5) is 10.5 Å². The number of methoxy groups -OCH3 is 1. The number of aryl methyl sites for hydroxylation is 1. The lowest BCUT2D eigenvalue weighted by Gasteiger charge is -2.32.